The number of ether oxygens (including phenoxy) is 2. The van der Waals surface area contributed by atoms with Gasteiger partial charge in [0.05, 0.1) is 7.11 Å². The van der Waals surface area contributed by atoms with Crippen LogP contribution in [0, 0.1) is 0 Å². The number of hydrogen-bond donors (Lipinski definition) is 2. The van der Waals surface area contributed by atoms with E-state index in [1.807, 2.05) is 0 Å². The Labute approximate surface area is 110 Å². The van der Waals surface area contributed by atoms with Gasteiger partial charge in [-0.05, 0) is 24.1 Å². The van der Waals surface area contributed by atoms with Crippen molar-refractivity contribution in [3.05, 3.63) is 23.8 Å². The first kappa shape index (κ1) is 15.0. The molecule has 7 heteroatoms. The molecular formula is C12H17F2N3O2. The molecule has 0 heterocycles. The molecule has 0 atom stereocenters. The minimum Gasteiger partial charge on any atom is -0.493 e. The van der Waals surface area contributed by atoms with E-state index in [2.05, 4.69) is 15.0 Å². The SMILES string of the molecule is CN=C(N)NCCc1ccc(OC)c(OC(F)F)c1. The van der Waals surface area contributed by atoms with Gasteiger partial charge in [0.25, 0.3) is 0 Å². The van der Waals surface area contributed by atoms with Gasteiger partial charge in [0.15, 0.2) is 17.5 Å². The van der Waals surface area contributed by atoms with Crippen molar-refractivity contribution in [3.63, 3.8) is 0 Å². The molecule has 0 radical (unpaired) electrons. The Bertz CT molecular complexity index is 439. The zero-order valence-corrected chi connectivity index (χ0v) is 10.8. The molecule has 3 N–H and O–H groups in total. The molecule has 0 aliphatic carbocycles. The van der Waals surface area contributed by atoms with E-state index in [9.17, 15) is 8.78 Å². The molecule has 0 saturated carbocycles. The Kier molecular flexibility index (Phi) is 5.84. The predicted molar refractivity (Wildman–Crippen MR) is 68.9 cm³/mol. The van der Waals surface area contributed by atoms with Crippen molar-refractivity contribution in [3.8, 4) is 11.5 Å². The van der Waals surface area contributed by atoms with Gasteiger partial charge in [0.2, 0.25) is 0 Å². The first-order valence-electron chi connectivity index (χ1n) is 5.64. The van der Waals surface area contributed by atoms with Crippen LogP contribution in [0.5, 0.6) is 11.5 Å². The lowest BCUT2D eigenvalue weighted by Gasteiger charge is -2.12. The number of aliphatic imine (C=N–C) groups is 1. The Morgan fingerprint density at radius 1 is 1.42 bits per heavy atom. The molecule has 0 aromatic heterocycles. The molecule has 0 bridgehead atoms. The van der Waals surface area contributed by atoms with Gasteiger partial charge in [-0.2, -0.15) is 8.78 Å². The normalized spacial score (nSPS) is 11.5. The van der Waals surface area contributed by atoms with Gasteiger partial charge >= 0.3 is 6.61 Å². The van der Waals surface area contributed by atoms with Crippen molar-refractivity contribution in [2.24, 2.45) is 10.7 Å². The number of nitrogens with two attached hydrogens (primary N) is 1. The third-order valence-electron chi connectivity index (χ3n) is 2.40. The van der Waals surface area contributed by atoms with E-state index >= 15 is 0 Å². The number of rotatable bonds is 6. The Hall–Kier alpha value is -2.05. The van der Waals surface area contributed by atoms with Crippen molar-refractivity contribution in [2.45, 2.75) is 13.0 Å². The molecule has 0 saturated heterocycles. The van der Waals surface area contributed by atoms with Gasteiger partial charge in [-0.3, -0.25) is 4.99 Å². The number of benzene rings is 1. The molecule has 0 aliphatic heterocycles. The van der Waals surface area contributed by atoms with E-state index in [-0.39, 0.29) is 11.5 Å². The van der Waals surface area contributed by atoms with E-state index in [0.29, 0.717) is 18.9 Å². The van der Waals surface area contributed by atoms with Gasteiger partial charge < -0.3 is 20.5 Å². The van der Waals surface area contributed by atoms with E-state index in [0.717, 1.165) is 5.56 Å². The second-order valence-electron chi connectivity index (χ2n) is 3.65. The van der Waals surface area contributed by atoms with E-state index < -0.39 is 6.61 Å². The van der Waals surface area contributed by atoms with E-state index in [1.54, 1.807) is 19.2 Å². The van der Waals surface area contributed by atoms with Crippen molar-refractivity contribution < 1.29 is 18.3 Å². The van der Waals surface area contributed by atoms with Crippen molar-refractivity contribution >= 4 is 5.96 Å². The average Bonchev–Trinajstić information content (AvgIpc) is 2.38. The maximum Gasteiger partial charge on any atom is 0.387 e. The summed E-state index contributed by atoms with van der Waals surface area (Å²) >= 11 is 0. The largest absolute Gasteiger partial charge is 0.493 e. The fourth-order valence-electron chi connectivity index (χ4n) is 1.48. The second-order valence-corrected chi connectivity index (χ2v) is 3.65. The third-order valence-corrected chi connectivity index (χ3v) is 2.40. The van der Waals surface area contributed by atoms with Gasteiger partial charge in [-0.1, -0.05) is 6.07 Å². The summed E-state index contributed by atoms with van der Waals surface area (Å²) in [7, 11) is 2.97. The topological polar surface area (TPSA) is 68.9 Å². The quantitative estimate of drug-likeness (QED) is 0.607. The maximum atomic E-state index is 12.2. The summed E-state index contributed by atoms with van der Waals surface area (Å²) < 4.78 is 33.8. The molecule has 1 aromatic carbocycles. The smallest absolute Gasteiger partial charge is 0.387 e. The molecule has 0 fully saturated rings. The van der Waals surface area contributed by atoms with Crippen molar-refractivity contribution in [2.75, 3.05) is 20.7 Å². The maximum absolute atomic E-state index is 12.2. The van der Waals surface area contributed by atoms with Crippen LogP contribution in [0.2, 0.25) is 0 Å². The molecule has 0 spiro atoms. The van der Waals surface area contributed by atoms with Crippen LogP contribution in [-0.4, -0.2) is 33.3 Å². The predicted octanol–water partition coefficient (Wildman–Crippen LogP) is 1.37. The summed E-state index contributed by atoms with van der Waals surface area (Å²) in [4.78, 5) is 3.74. The molecule has 106 valence electrons. The van der Waals surface area contributed by atoms with Crippen LogP contribution in [0.3, 0.4) is 0 Å². The standard InChI is InChI=1S/C12H17F2N3O2/c1-16-12(15)17-6-5-8-3-4-9(18-2)10(7-8)19-11(13)14/h3-4,7,11H,5-6H2,1-2H3,(H3,15,16,17). The van der Waals surface area contributed by atoms with Crippen LogP contribution in [0.25, 0.3) is 0 Å². The zero-order chi connectivity index (χ0) is 14.3. The van der Waals surface area contributed by atoms with E-state index in [4.69, 9.17) is 10.5 Å². The number of alkyl halides is 2. The van der Waals surface area contributed by atoms with Crippen LogP contribution in [0.4, 0.5) is 8.78 Å². The summed E-state index contributed by atoms with van der Waals surface area (Å²) in [6.45, 7) is -2.34. The molecule has 5 nitrogen and oxygen atoms in total. The summed E-state index contributed by atoms with van der Waals surface area (Å²) in [5, 5.41) is 2.88. The number of halogens is 2. The number of methoxy groups -OCH3 is 1. The Balaban J connectivity index is 2.69. The van der Waals surface area contributed by atoms with Gasteiger partial charge in [0, 0.05) is 13.6 Å². The summed E-state index contributed by atoms with van der Waals surface area (Å²) in [5.41, 5.74) is 6.30. The molecule has 19 heavy (non-hydrogen) atoms. The van der Waals surface area contributed by atoms with E-state index in [1.165, 1.54) is 13.2 Å². The summed E-state index contributed by atoms with van der Waals surface area (Å²) in [5.74, 6) is 0.622. The number of hydrogen-bond acceptors (Lipinski definition) is 3. The lowest BCUT2D eigenvalue weighted by Crippen LogP contribution is -2.32. The number of nitrogens with one attached hydrogen (secondary N) is 1. The highest BCUT2D eigenvalue weighted by molar-refractivity contribution is 5.77. The molecule has 1 rings (SSSR count). The lowest BCUT2D eigenvalue weighted by molar-refractivity contribution is -0.0512. The Morgan fingerprint density at radius 2 is 2.16 bits per heavy atom. The molecule has 1 aromatic rings. The molecule has 0 unspecified atom stereocenters. The first-order chi connectivity index (χ1) is 9.06. The monoisotopic (exact) mass is 273 g/mol. The summed E-state index contributed by atoms with van der Waals surface area (Å²) in [6.07, 6.45) is 0.597. The highest BCUT2D eigenvalue weighted by Gasteiger charge is 2.11. The fraction of sp³-hybridized carbons (Fsp3) is 0.417. The minimum atomic E-state index is -2.88. The highest BCUT2D eigenvalue weighted by atomic mass is 19.3. The van der Waals surface area contributed by atoms with Gasteiger partial charge in [0.1, 0.15) is 0 Å². The number of guanidine groups is 1. The molecule has 0 aliphatic rings. The molecule has 0 amide bonds. The summed E-state index contributed by atoms with van der Waals surface area (Å²) in [6, 6.07) is 4.88. The molecular weight excluding hydrogens is 256 g/mol. The average molecular weight is 273 g/mol. The number of nitrogens with zero attached hydrogens (tertiary/aromatic N) is 1. The van der Waals surface area contributed by atoms with Gasteiger partial charge in [-0.25, -0.2) is 0 Å². The van der Waals surface area contributed by atoms with Crippen LogP contribution in [-0.2, 0) is 6.42 Å². The zero-order valence-electron chi connectivity index (χ0n) is 10.8. The van der Waals surface area contributed by atoms with Crippen molar-refractivity contribution in [1.29, 1.82) is 0 Å². The third kappa shape index (κ3) is 4.99. The fourth-order valence-corrected chi connectivity index (χ4v) is 1.48. The highest BCUT2D eigenvalue weighted by Crippen LogP contribution is 2.29. The minimum absolute atomic E-state index is 0.0205. The lowest BCUT2D eigenvalue weighted by atomic mass is 10.1. The Morgan fingerprint density at radius 3 is 2.74 bits per heavy atom. The van der Waals surface area contributed by atoms with Crippen molar-refractivity contribution in [1.82, 2.24) is 5.32 Å². The van der Waals surface area contributed by atoms with Crippen LogP contribution in [0.15, 0.2) is 23.2 Å². The first-order valence-corrected chi connectivity index (χ1v) is 5.64. The van der Waals surface area contributed by atoms with Crippen LogP contribution < -0.4 is 20.5 Å². The second kappa shape index (κ2) is 7.40. The van der Waals surface area contributed by atoms with Gasteiger partial charge in [-0.15, -0.1) is 0 Å². The van der Waals surface area contributed by atoms with Crippen LogP contribution >= 0.6 is 0 Å². The van der Waals surface area contributed by atoms with Crippen LogP contribution in [0.1, 0.15) is 5.56 Å².